The zero-order valence-corrected chi connectivity index (χ0v) is 13.4. The van der Waals surface area contributed by atoms with Crippen LogP contribution in [0.4, 0.5) is 8.78 Å². The Morgan fingerprint density at radius 1 is 1.26 bits per heavy atom. The number of hydrogen-bond donors (Lipinski definition) is 1. The molecule has 23 heavy (non-hydrogen) atoms. The van der Waals surface area contributed by atoms with Gasteiger partial charge in [-0.2, -0.15) is 0 Å². The molecule has 0 saturated heterocycles. The summed E-state index contributed by atoms with van der Waals surface area (Å²) in [6.07, 6.45) is 0.350. The molecule has 1 saturated carbocycles. The van der Waals surface area contributed by atoms with Crippen LogP contribution < -0.4 is 11.2 Å². The van der Waals surface area contributed by atoms with Crippen LogP contribution in [0, 0.1) is 6.92 Å². The van der Waals surface area contributed by atoms with Gasteiger partial charge in [0.15, 0.2) is 5.43 Å². The molecule has 0 aliphatic heterocycles. The third kappa shape index (κ3) is 3.15. The minimum Gasteiger partial charge on any atom is -0.460 e. The molecule has 1 fully saturated rings. The topological polar surface area (TPSA) is 56.2 Å². The Labute approximate surface area is 133 Å². The highest BCUT2D eigenvalue weighted by Crippen LogP contribution is 2.41. The highest BCUT2D eigenvalue weighted by molar-refractivity contribution is 5.81. The predicted molar refractivity (Wildman–Crippen MR) is 86.0 cm³/mol. The van der Waals surface area contributed by atoms with Gasteiger partial charge in [-0.25, -0.2) is 8.78 Å². The molecule has 1 atom stereocenters. The van der Waals surface area contributed by atoms with Crippen LogP contribution in [-0.4, -0.2) is 5.92 Å². The van der Waals surface area contributed by atoms with E-state index in [1.807, 2.05) is 19.9 Å². The minimum atomic E-state index is -2.60. The van der Waals surface area contributed by atoms with E-state index in [9.17, 15) is 13.6 Å². The van der Waals surface area contributed by atoms with Crippen LogP contribution in [0.1, 0.15) is 61.5 Å². The van der Waals surface area contributed by atoms with Crippen LogP contribution >= 0.6 is 0 Å². The van der Waals surface area contributed by atoms with Crippen LogP contribution in [0.15, 0.2) is 27.4 Å². The largest absolute Gasteiger partial charge is 0.460 e. The molecule has 0 bridgehead atoms. The summed E-state index contributed by atoms with van der Waals surface area (Å²) in [6, 6.07) is 4.88. The summed E-state index contributed by atoms with van der Waals surface area (Å²) in [5.74, 6) is -2.22. The summed E-state index contributed by atoms with van der Waals surface area (Å²) in [4.78, 5) is 12.4. The van der Waals surface area contributed by atoms with Crippen molar-refractivity contribution in [3.8, 4) is 0 Å². The molecule has 5 heteroatoms. The van der Waals surface area contributed by atoms with Gasteiger partial charge in [-0.15, -0.1) is 0 Å². The lowest BCUT2D eigenvalue weighted by molar-refractivity contribution is -0.0395. The molecular weight excluding hydrogens is 300 g/mol. The fraction of sp³-hybridized carbons (Fsp3) is 0.500. The van der Waals surface area contributed by atoms with Crippen molar-refractivity contribution in [2.24, 2.45) is 5.73 Å². The van der Waals surface area contributed by atoms with Crippen molar-refractivity contribution < 1.29 is 13.2 Å². The van der Waals surface area contributed by atoms with Gasteiger partial charge in [0.2, 0.25) is 5.92 Å². The summed E-state index contributed by atoms with van der Waals surface area (Å²) >= 11 is 0. The third-order valence-corrected chi connectivity index (χ3v) is 4.63. The van der Waals surface area contributed by atoms with Crippen LogP contribution in [-0.2, 0) is 0 Å². The number of benzene rings is 1. The van der Waals surface area contributed by atoms with Gasteiger partial charge in [-0.3, -0.25) is 4.79 Å². The molecule has 1 heterocycles. The van der Waals surface area contributed by atoms with E-state index in [1.165, 1.54) is 6.07 Å². The van der Waals surface area contributed by atoms with E-state index < -0.39 is 5.92 Å². The van der Waals surface area contributed by atoms with Crippen LogP contribution in [0.25, 0.3) is 11.0 Å². The molecule has 1 aromatic heterocycles. The van der Waals surface area contributed by atoms with Crippen molar-refractivity contribution >= 4 is 11.0 Å². The summed E-state index contributed by atoms with van der Waals surface area (Å²) < 4.78 is 32.6. The fourth-order valence-corrected chi connectivity index (χ4v) is 3.32. The zero-order chi connectivity index (χ0) is 16.8. The van der Waals surface area contributed by atoms with Gasteiger partial charge in [0.05, 0.1) is 5.39 Å². The van der Waals surface area contributed by atoms with Crippen molar-refractivity contribution in [3.63, 3.8) is 0 Å². The van der Waals surface area contributed by atoms with E-state index in [0.717, 1.165) is 11.1 Å². The third-order valence-electron chi connectivity index (χ3n) is 4.63. The number of nitrogens with two attached hydrogens (primary N) is 1. The van der Waals surface area contributed by atoms with Gasteiger partial charge in [0, 0.05) is 36.4 Å². The number of fused-ring (bicyclic) bond motifs is 1. The molecule has 0 spiro atoms. The molecule has 1 aromatic carbocycles. The smallest absolute Gasteiger partial charge is 0.248 e. The average molecular weight is 321 g/mol. The van der Waals surface area contributed by atoms with Crippen molar-refractivity contribution in [3.05, 3.63) is 45.3 Å². The summed E-state index contributed by atoms with van der Waals surface area (Å²) in [6.45, 7) is 3.74. The Bertz CT molecular complexity index is 785. The van der Waals surface area contributed by atoms with Gasteiger partial charge in [0.1, 0.15) is 11.3 Å². The normalized spacial score (nSPS) is 19.9. The number of aryl methyl sites for hydroxylation is 1. The Morgan fingerprint density at radius 3 is 2.52 bits per heavy atom. The first kappa shape index (κ1) is 16.1. The first-order valence-electron chi connectivity index (χ1n) is 7.98. The lowest BCUT2D eigenvalue weighted by Crippen LogP contribution is -2.24. The Balaban J connectivity index is 2.09. The standard InChI is InChI=1S/C18H21F2NO2/c1-10-7-13(11(2)21)17-14(8-10)15(22)9-16(23-17)12-3-5-18(19,20)6-4-12/h7-9,11-12H,3-6,21H2,1-2H3. The van der Waals surface area contributed by atoms with E-state index >= 15 is 0 Å². The van der Waals surface area contributed by atoms with Crippen molar-refractivity contribution in [2.45, 2.75) is 57.4 Å². The van der Waals surface area contributed by atoms with Gasteiger partial charge < -0.3 is 10.2 Å². The van der Waals surface area contributed by atoms with E-state index in [1.54, 1.807) is 6.07 Å². The van der Waals surface area contributed by atoms with Gasteiger partial charge >= 0.3 is 0 Å². The first-order valence-corrected chi connectivity index (χ1v) is 7.98. The highest BCUT2D eigenvalue weighted by atomic mass is 19.3. The van der Waals surface area contributed by atoms with Gasteiger partial charge in [-0.05, 0) is 38.3 Å². The minimum absolute atomic E-state index is 0.131. The Morgan fingerprint density at radius 2 is 1.91 bits per heavy atom. The number of alkyl halides is 2. The molecule has 2 aromatic rings. The fourth-order valence-electron chi connectivity index (χ4n) is 3.32. The molecule has 0 amide bonds. The molecule has 1 aliphatic carbocycles. The van der Waals surface area contributed by atoms with Crippen molar-refractivity contribution in [2.75, 3.05) is 0 Å². The van der Waals surface area contributed by atoms with Crippen LogP contribution in [0.2, 0.25) is 0 Å². The lowest BCUT2D eigenvalue weighted by atomic mass is 9.85. The molecule has 2 N–H and O–H groups in total. The quantitative estimate of drug-likeness (QED) is 0.891. The first-order chi connectivity index (χ1) is 10.8. The van der Waals surface area contributed by atoms with Gasteiger partial charge in [-0.1, -0.05) is 6.07 Å². The molecule has 3 nitrogen and oxygen atoms in total. The maximum Gasteiger partial charge on any atom is 0.248 e. The SMILES string of the molecule is Cc1cc(C(C)N)c2oc(C3CCC(F)(F)CC3)cc(=O)c2c1. The monoisotopic (exact) mass is 321 g/mol. The van der Waals surface area contributed by atoms with E-state index in [0.29, 0.717) is 29.6 Å². The maximum atomic E-state index is 13.3. The second-order valence-corrected chi connectivity index (χ2v) is 6.66. The zero-order valence-electron chi connectivity index (χ0n) is 13.4. The number of hydrogen-bond acceptors (Lipinski definition) is 3. The highest BCUT2D eigenvalue weighted by Gasteiger charge is 2.36. The maximum absolute atomic E-state index is 13.3. The molecule has 3 rings (SSSR count). The molecule has 1 unspecified atom stereocenters. The molecule has 1 aliphatic rings. The van der Waals surface area contributed by atoms with Crippen LogP contribution in [0.3, 0.4) is 0 Å². The van der Waals surface area contributed by atoms with Crippen LogP contribution in [0.5, 0.6) is 0 Å². The number of halogens is 2. The van der Waals surface area contributed by atoms with E-state index in [4.69, 9.17) is 10.2 Å². The predicted octanol–water partition coefficient (Wildman–Crippen LogP) is 4.41. The van der Waals surface area contributed by atoms with E-state index in [2.05, 4.69) is 0 Å². The van der Waals surface area contributed by atoms with Gasteiger partial charge in [0.25, 0.3) is 0 Å². The Hall–Kier alpha value is -1.75. The second-order valence-electron chi connectivity index (χ2n) is 6.66. The van der Waals surface area contributed by atoms with E-state index in [-0.39, 0.29) is 30.2 Å². The molecular formula is C18H21F2NO2. The average Bonchev–Trinajstić information content (AvgIpc) is 2.47. The van der Waals surface area contributed by atoms with Crippen molar-refractivity contribution in [1.29, 1.82) is 0 Å². The van der Waals surface area contributed by atoms with Crippen molar-refractivity contribution in [1.82, 2.24) is 0 Å². The second kappa shape index (κ2) is 5.71. The summed E-state index contributed by atoms with van der Waals surface area (Å²) in [5.41, 5.74) is 8.08. The lowest BCUT2D eigenvalue weighted by Gasteiger charge is -2.27. The molecule has 0 radical (unpaired) electrons. The Kier molecular flexibility index (Phi) is 4.00. The molecule has 124 valence electrons. The summed E-state index contributed by atoms with van der Waals surface area (Å²) in [7, 11) is 0. The number of rotatable bonds is 2. The summed E-state index contributed by atoms with van der Waals surface area (Å²) in [5, 5.41) is 0.502.